The van der Waals surface area contributed by atoms with Crippen LogP contribution in [0.15, 0.2) is 75.9 Å². The second-order valence-corrected chi connectivity index (χ2v) is 8.06. The molecule has 4 rings (SSSR count). The molecule has 0 aliphatic carbocycles. The van der Waals surface area contributed by atoms with Crippen molar-refractivity contribution in [2.45, 2.75) is 38.8 Å². The fourth-order valence-corrected chi connectivity index (χ4v) is 3.69. The molecule has 1 amide bonds. The first kappa shape index (κ1) is 23.8. The third kappa shape index (κ3) is 5.60. The maximum absolute atomic E-state index is 12.9. The highest BCUT2D eigenvalue weighted by Crippen LogP contribution is 2.30. The number of para-hydroxylation sites is 1. The predicted molar refractivity (Wildman–Crippen MR) is 130 cm³/mol. The van der Waals surface area contributed by atoms with Gasteiger partial charge in [0.25, 0.3) is 0 Å². The summed E-state index contributed by atoms with van der Waals surface area (Å²) in [6.07, 6.45) is 1.07. The maximum Gasteiger partial charge on any atom is 0.408 e. The summed E-state index contributed by atoms with van der Waals surface area (Å²) in [6.45, 7) is 2.03. The van der Waals surface area contributed by atoms with Crippen LogP contribution in [0.25, 0.3) is 21.9 Å². The second-order valence-electron chi connectivity index (χ2n) is 8.06. The number of phenols is 1. The SMILES string of the molecule is CCCC[C@H](NC(=O)OCc1ccccc1)C(=O)Oc1cc(O)c2c(=O)c3ccccc3oc2c1. The summed E-state index contributed by atoms with van der Waals surface area (Å²) < 4.78 is 16.4. The van der Waals surface area contributed by atoms with Gasteiger partial charge in [0.2, 0.25) is 5.43 Å². The predicted octanol–water partition coefficient (Wildman–Crippen LogP) is 5.04. The maximum atomic E-state index is 12.9. The molecular weight excluding hydrogens is 450 g/mol. The molecule has 8 nitrogen and oxygen atoms in total. The van der Waals surface area contributed by atoms with Crippen molar-refractivity contribution in [3.8, 4) is 11.5 Å². The molecule has 0 aliphatic heterocycles. The zero-order valence-electron chi connectivity index (χ0n) is 19.2. The molecule has 3 aromatic carbocycles. The van der Waals surface area contributed by atoms with Gasteiger partial charge in [0.1, 0.15) is 40.7 Å². The summed E-state index contributed by atoms with van der Waals surface area (Å²) in [5.74, 6) is -1.11. The number of amides is 1. The number of rotatable bonds is 8. The molecule has 35 heavy (non-hydrogen) atoms. The van der Waals surface area contributed by atoms with Crippen LogP contribution in [0.3, 0.4) is 0 Å². The van der Waals surface area contributed by atoms with Crippen LogP contribution < -0.4 is 15.5 Å². The summed E-state index contributed by atoms with van der Waals surface area (Å²) in [5.41, 5.74) is 0.852. The van der Waals surface area contributed by atoms with E-state index in [0.29, 0.717) is 23.8 Å². The van der Waals surface area contributed by atoms with E-state index in [-0.39, 0.29) is 34.5 Å². The molecule has 0 unspecified atom stereocenters. The van der Waals surface area contributed by atoms with Crippen molar-refractivity contribution < 1.29 is 28.6 Å². The molecule has 180 valence electrons. The number of aromatic hydroxyl groups is 1. The van der Waals surface area contributed by atoms with E-state index in [9.17, 15) is 19.5 Å². The zero-order chi connectivity index (χ0) is 24.8. The van der Waals surface area contributed by atoms with Gasteiger partial charge in [-0.25, -0.2) is 9.59 Å². The van der Waals surface area contributed by atoms with Crippen molar-refractivity contribution in [1.82, 2.24) is 5.32 Å². The van der Waals surface area contributed by atoms with Gasteiger partial charge in [-0.05, 0) is 24.1 Å². The molecule has 0 fully saturated rings. The van der Waals surface area contributed by atoms with E-state index in [1.54, 1.807) is 24.3 Å². The Kier molecular flexibility index (Phi) is 7.30. The number of carbonyl (C=O) groups is 2. The van der Waals surface area contributed by atoms with E-state index in [1.807, 2.05) is 37.3 Å². The van der Waals surface area contributed by atoms with E-state index in [2.05, 4.69) is 5.32 Å². The highest BCUT2D eigenvalue weighted by atomic mass is 16.6. The minimum absolute atomic E-state index is 0.00588. The van der Waals surface area contributed by atoms with Gasteiger partial charge >= 0.3 is 12.1 Å². The Balaban J connectivity index is 1.51. The van der Waals surface area contributed by atoms with E-state index < -0.39 is 18.1 Å². The van der Waals surface area contributed by atoms with E-state index in [1.165, 1.54) is 12.1 Å². The van der Waals surface area contributed by atoms with Crippen LogP contribution in [0.1, 0.15) is 31.7 Å². The summed E-state index contributed by atoms with van der Waals surface area (Å²) in [6, 6.07) is 17.4. The Hall–Kier alpha value is -4.33. The van der Waals surface area contributed by atoms with Gasteiger partial charge in [-0.3, -0.25) is 4.79 Å². The lowest BCUT2D eigenvalue weighted by molar-refractivity contribution is -0.136. The molecule has 1 aromatic heterocycles. The Labute approximate surface area is 201 Å². The van der Waals surface area contributed by atoms with Crippen LogP contribution >= 0.6 is 0 Å². The molecule has 0 aliphatic rings. The molecule has 0 saturated heterocycles. The minimum atomic E-state index is -0.959. The number of unbranched alkanes of at least 4 members (excludes halogenated alkanes) is 1. The standard InChI is InChI=1S/C27H25NO7/c1-2-3-12-20(28-27(32)33-16-17-9-5-4-6-10-17)26(31)34-18-14-21(29)24-23(15-18)35-22-13-8-7-11-19(22)25(24)30/h4-11,13-15,20,29H,2-3,12,16H2,1H3,(H,28,32)/t20-/m0/s1. The smallest absolute Gasteiger partial charge is 0.408 e. The number of alkyl carbamates (subject to hydrolysis) is 1. The lowest BCUT2D eigenvalue weighted by Gasteiger charge is -2.17. The number of fused-ring (bicyclic) bond motifs is 2. The molecule has 2 N–H and O–H groups in total. The van der Waals surface area contributed by atoms with Gasteiger partial charge in [-0.1, -0.05) is 62.2 Å². The van der Waals surface area contributed by atoms with Gasteiger partial charge in [-0.2, -0.15) is 0 Å². The van der Waals surface area contributed by atoms with Crippen LogP contribution in [-0.4, -0.2) is 23.2 Å². The molecule has 8 heteroatoms. The Morgan fingerprint density at radius 2 is 1.77 bits per heavy atom. The first-order chi connectivity index (χ1) is 17.0. The lowest BCUT2D eigenvalue weighted by atomic mass is 10.1. The van der Waals surface area contributed by atoms with Gasteiger partial charge in [0.05, 0.1) is 5.39 Å². The molecule has 0 radical (unpaired) electrons. The first-order valence-electron chi connectivity index (χ1n) is 11.3. The van der Waals surface area contributed by atoms with Crippen LogP contribution in [0.5, 0.6) is 11.5 Å². The third-order valence-corrected chi connectivity index (χ3v) is 5.49. The number of benzene rings is 3. The molecule has 4 aromatic rings. The molecule has 0 spiro atoms. The largest absolute Gasteiger partial charge is 0.507 e. The average molecular weight is 475 g/mol. The molecule has 1 atom stereocenters. The third-order valence-electron chi connectivity index (χ3n) is 5.49. The van der Waals surface area contributed by atoms with Gasteiger partial charge in [0, 0.05) is 12.1 Å². The van der Waals surface area contributed by atoms with Crippen LogP contribution in [0.2, 0.25) is 0 Å². The zero-order valence-corrected chi connectivity index (χ0v) is 19.2. The van der Waals surface area contributed by atoms with E-state index in [4.69, 9.17) is 13.9 Å². The van der Waals surface area contributed by atoms with Crippen LogP contribution in [0, 0.1) is 0 Å². The van der Waals surface area contributed by atoms with Crippen LogP contribution in [0.4, 0.5) is 4.79 Å². The normalized spacial score (nSPS) is 11.8. The van der Waals surface area contributed by atoms with Crippen molar-refractivity contribution in [3.05, 3.63) is 82.5 Å². The van der Waals surface area contributed by atoms with E-state index >= 15 is 0 Å². The van der Waals surface area contributed by atoms with Crippen molar-refractivity contribution in [1.29, 1.82) is 0 Å². The molecular formula is C27H25NO7. The molecule has 0 bridgehead atoms. The number of carbonyl (C=O) groups excluding carboxylic acids is 2. The van der Waals surface area contributed by atoms with Crippen molar-refractivity contribution in [2.24, 2.45) is 0 Å². The number of nitrogens with one attached hydrogen (secondary N) is 1. The van der Waals surface area contributed by atoms with Crippen LogP contribution in [-0.2, 0) is 16.1 Å². The second kappa shape index (κ2) is 10.7. The molecule has 0 saturated carbocycles. The van der Waals surface area contributed by atoms with E-state index in [0.717, 1.165) is 12.0 Å². The number of hydrogen-bond acceptors (Lipinski definition) is 7. The topological polar surface area (TPSA) is 115 Å². The Bertz CT molecular complexity index is 1410. The Morgan fingerprint density at radius 3 is 2.54 bits per heavy atom. The number of ether oxygens (including phenoxy) is 2. The number of hydrogen-bond donors (Lipinski definition) is 2. The number of esters is 1. The fraction of sp³-hybridized carbons (Fsp3) is 0.222. The summed E-state index contributed by atoms with van der Waals surface area (Å²) in [7, 11) is 0. The van der Waals surface area contributed by atoms with Crippen molar-refractivity contribution in [3.63, 3.8) is 0 Å². The monoisotopic (exact) mass is 475 g/mol. The highest BCUT2D eigenvalue weighted by Gasteiger charge is 2.24. The van der Waals surface area contributed by atoms with Crippen molar-refractivity contribution >= 4 is 34.0 Å². The van der Waals surface area contributed by atoms with Crippen molar-refractivity contribution in [2.75, 3.05) is 0 Å². The number of phenolic OH excluding ortho intramolecular Hbond substituents is 1. The summed E-state index contributed by atoms with van der Waals surface area (Å²) in [5, 5.41) is 13.3. The fourth-order valence-electron chi connectivity index (χ4n) is 3.69. The Morgan fingerprint density at radius 1 is 1.03 bits per heavy atom. The highest BCUT2D eigenvalue weighted by molar-refractivity contribution is 5.94. The van der Waals surface area contributed by atoms with Gasteiger partial charge in [-0.15, -0.1) is 0 Å². The lowest BCUT2D eigenvalue weighted by Crippen LogP contribution is -2.43. The average Bonchev–Trinajstić information content (AvgIpc) is 2.85. The minimum Gasteiger partial charge on any atom is -0.507 e. The molecule has 1 heterocycles. The summed E-state index contributed by atoms with van der Waals surface area (Å²) >= 11 is 0. The quantitative estimate of drug-likeness (QED) is 0.208. The van der Waals surface area contributed by atoms with Gasteiger partial charge in [0.15, 0.2) is 0 Å². The summed E-state index contributed by atoms with van der Waals surface area (Å²) in [4.78, 5) is 38.0. The van der Waals surface area contributed by atoms with Gasteiger partial charge < -0.3 is 24.3 Å². The first-order valence-corrected chi connectivity index (χ1v) is 11.3.